The average molecular weight is 625 g/mol. The predicted molar refractivity (Wildman–Crippen MR) is 166 cm³/mol. The fraction of sp³-hybridized carbons (Fsp3) is 0.552. The molecule has 12 heteroatoms. The molecule has 2 bridgehead atoms. The minimum atomic E-state index is 0. The second kappa shape index (κ2) is 14.0. The number of piperazine rings is 1. The summed E-state index contributed by atoms with van der Waals surface area (Å²) in [5, 5.41) is 12.3. The van der Waals surface area contributed by atoms with Crippen LogP contribution in [0.5, 0.6) is 0 Å². The summed E-state index contributed by atoms with van der Waals surface area (Å²) in [5.74, 6) is 0.0443. The van der Waals surface area contributed by atoms with Gasteiger partial charge >= 0.3 is 0 Å². The number of halogens is 3. The van der Waals surface area contributed by atoms with Crippen molar-refractivity contribution in [3.63, 3.8) is 0 Å². The van der Waals surface area contributed by atoms with Crippen LogP contribution < -0.4 is 10.6 Å². The molecule has 0 spiro atoms. The van der Waals surface area contributed by atoms with E-state index in [0.717, 1.165) is 72.3 Å². The predicted octanol–water partition coefficient (Wildman–Crippen LogP) is 3.93. The van der Waals surface area contributed by atoms with Gasteiger partial charge in [0.1, 0.15) is 0 Å². The number of aryl methyl sites for hydroxylation is 2. The smallest absolute Gasteiger partial charge is 0.254 e. The highest BCUT2D eigenvalue weighted by molar-refractivity contribution is 6.31. The van der Waals surface area contributed by atoms with E-state index in [4.69, 9.17) is 21.4 Å². The van der Waals surface area contributed by atoms with Crippen molar-refractivity contribution < 1.29 is 9.53 Å². The summed E-state index contributed by atoms with van der Waals surface area (Å²) in [6.45, 7) is 11.5. The molecule has 2 atom stereocenters. The number of carbonyl (C=O) groups is 1. The lowest BCUT2D eigenvalue weighted by Gasteiger charge is -2.42. The topological polar surface area (TPSA) is 87.0 Å². The molecule has 41 heavy (non-hydrogen) atoms. The van der Waals surface area contributed by atoms with Crippen molar-refractivity contribution in [1.82, 2.24) is 35.0 Å². The molecular formula is C29H40Cl3N7O2. The van der Waals surface area contributed by atoms with Gasteiger partial charge in [-0.3, -0.25) is 9.69 Å². The van der Waals surface area contributed by atoms with Crippen molar-refractivity contribution in [2.75, 3.05) is 39.4 Å². The molecule has 4 aliphatic heterocycles. The van der Waals surface area contributed by atoms with Gasteiger partial charge in [0.2, 0.25) is 0 Å². The van der Waals surface area contributed by atoms with Gasteiger partial charge in [-0.2, -0.15) is 5.10 Å². The largest absolute Gasteiger partial charge is 0.378 e. The molecule has 0 aliphatic carbocycles. The van der Waals surface area contributed by atoms with Gasteiger partial charge in [-0.15, -0.1) is 24.8 Å². The van der Waals surface area contributed by atoms with Gasteiger partial charge in [-0.1, -0.05) is 36.2 Å². The Labute approximate surface area is 259 Å². The maximum absolute atomic E-state index is 13.6. The maximum Gasteiger partial charge on any atom is 0.254 e. The molecule has 3 fully saturated rings. The summed E-state index contributed by atoms with van der Waals surface area (Å²) in [5.41, 5.74) is 6.20. The van der Waals surface area contributed by atoms with Crippen LogP contribution in [0.3, 0.4) is 0 Å². The number of piperidine rings is 1. The van der Waals surface area contributed by atoms with E-state index in [1.165, 1.54) is 32.4 Å². The Morgan fingerprint density at radius 2 is 1.76 bits per heavy atom. The number of fused-ring (bicyclic) bond motifs is 5. The Balaban J connectivity index is 0.000000433. The quantitative estimate of drug-likeness (QED) is 0.457. The molecule has 0 saturated carbocycles. The molecule has 6 heterocycles. The van der Waals surface area contributed by atoms with E-state index in [1.807, 2.05) is 36.9 Å². The summed E-state index contributed by atoms with van der Waals surface area (Å²) < 4.78 is 7.48. The fourth-order valence-corrected chi connectivity index (χ4v) is 6.28. The minimum Gasteiger partial charge on any atom is -0.378 e. The minimum absolute atomic E-state index is 0. The number of ether oxygens (including phenoxy) is 1. The van der Waals surface area contributed by atoms with E-state index in [0.29, 0.717) is 30.2 Å². The van der Waals surface area contributed by atoms with Gasteiger partial charge in [0.05, 0.1) is 48.4 Å². The van der Waals surface area contributed by atoms with Gasteiger partial charge in [-0.05, 0) is 51.4 Å². The summed E-state index contributed by atoms with van der Waals surface area (Å²) >= 11 is 6.36. The molecule has 4 aliphatic rings. The highest BCUT2D eigenvalue weighted by Gasteiger charge is 2.33. The number of aromatic nitrogens is 3. The molecule has 7 rings (SSSR count). The van der Waals surface area contributed by atoms with Crippen LogP contribution in [-0.2, 0) is 24.4 Å². The van der Waals surface area contributed by atoms with Crippen molar-refractivity contribution >= 4 is 48.0 Å². The zero-order chi connectivity index (χ0) is 26.9. The molecule has 2 N–H and O–H groups in total. The van der Waals surface area contributed by atoms with Crippen LogP contribution in [0.15, 0.2) is 24.3 Å². The van der Waals surface area contributed by atoms with Gasteiger partial charge < -0.3 is 20.3 Å². The van der Waals surface area contributed by atoms with E-state index >= 15 is 0 Å². The average Bonchev–Trinajstić information content (AvgIpc) is 3.52. The standard InChI is InChI=1S/C24H27ClN6O2.C5H11N.2ClH/c1-14-22(25)15(2)31-23(26-14)20-10-30(11-21(20)28-31)24(32)19-6-4-3-5-16(19)7-29-8-17-12-33-13-18(9-29)27-17;1-2-4-6-5-3-1;;/h3-6,17-18,27H,7-13H2,1-2H3;6H,1-5H2;2*1H. The van der Waals surface area contributed by atoms with Crippen LogP contribution in [0.25, 0.3) is 5.65 Å². The monoisotopic (exact) mass is 623 g/mol. The zero-order valence-corrected chi connectivity index (χ0v) is 26.1. The van der Waals surface area contributed by atoms with Gasteiger partial charge in [0.15, 0.2) is 5.65 Å². The number of morpholine rings is 1. The number of nitrogens with one attached hydrogen (secondary N) is 2. The van der Waals surface area contributed by atoms with E-state index in [9.17, 15) is 4.79 Å². The number of nitrogens with zero attached hydrogens (tertiary/aromatic N) is 5. The third kappa shape index (κ3) is 6.82. The normalized spacial score (nSPS) is 21.8. The lowest BCUT2D eigenvalue weighted by molar-refractivity contribution is -0.00877. The lowest BCUT2D eigenvalue weighted by atomic mass is 10.0. The van der Waals surface area contributed by atoms with Crippen LogP contribution in [0.2, 0.25) is 5.02 Å². The van der Waals surface area contributed by atoms with Crippen molar-refractivity contribution in [1.29, 1.82) is 0 Å². The van der Waals surface area contributed by atoms with E-state index in [-0.39, 0.29) is 30.7 Å². The summed E-state index contributed by atoms with van der Waals surface area (Å²) in [4.78, 5) is 22.6. The third-order valence-electron chi connectivity index (χ3n) is 8.16. The Morgan fingerprint density at radius 3 is 2.41 bits per heavy atom. The Kier molecular flexibility index (Phi) is 10.9. The Hall–Kier alpha value is -1.98. The van der Waals surface area contributed by atoms with Crippen LogP contribution in [-0.4, -0.2) is 81.8 Å². The van der Waals surface area contributed by atoms with Crippen molar-refractivity contribution in [3.8, 4) is 0 Å². The van der Waals surface area contributed by atoms with E-state index in [1.54, 1.807) is 4.52 Å². The molecule has 2 aromatic heterocycles. The molecule has 0 radical (unpaired) electrons. The van der Waals surface area contributed by atoms with Crippen LogP contribution in [0, 0.1) is 13.8 Å². The van der Waals surface area contributed by atoms with Crippen LogP contribution in [0.4, 0.5) is 0 Å². The summed E-state index contributed by atoms with van der Waals surface area (Å²) in [6, 6.07) is 8.70. The number of amides is 1. The number of hydrogen-bond acceptors (Lipinski definition) is 7. The van der Waals surface area contributed by atoms with E-state index in [2.05, 4.69) is 26.6 Å². The lowest BCUT2D eigenvalue weighted by Crippen LogP contribution is -2.62. The number of benzene rings is 1. The zero-order valence-electron chi connectivity index (χ0n) is 23.7. The second-order valence-electron chi connectivity index (χ2n) is 11.2. The molecular weight excluding hydrogens is 585 g/mol. The first-order valence-corrected chi connectivity index (χ1v) is 14.5. The van der Waals surface area contributed by atoms with Crippen molar-refractivity contribution in [2.24, 2.45) is 0 Å². The number of carbonyl (C=O) groups excluding carboxylic acids is 1. The van der Waals surface area contributed by atoms with Crippen LogP contribution >= 0.6 is 36.4 Å². The SMILES string of the molecule is C1CCNCC1.Cc1nc2c3c(nn2c(C)c1Cl)CN(C(=O)c1ccccc1CN1CC2COCC(C1)N2)C3.Cl.Cl. The molecule has 9 nitrogen and oxygen atoms in total. The molecule has 3 saturated heterocycles. The molecule has 224 valence electrons. The van der Waals surface area contributed by atoms with Gasteiger partial charge in [-0.25, -0.2) is 9.50 Å². The Bertz CT molecular complexity index is 1340. The summed E-state index contributed by atoms with van der Waals surface area (Å²) in [6.07, 6.45) is 4.22. The molecule has 2 unspecified atom stereocenters. The first kappa shape index (κ1) is 31.9. The molecule has 1 amide bonds. The first-order valence-electron chi connectivity index (χ1n) is 14.1. The Morgan fingerprint density at radius 1 is 1.05 bits per heavy atom. The van der Waals surface area contributed by atoms with Crippen molar-refractivity contribution in [2.45, 2.75) is 64.8 Å². The van der Waals surface area contributed by atoms with Gasteiger partial charge in [0.25, 0.3) is 5.91 Å². The fourth-order valence-electron chi connectivity index (χ4n) is 6.16. The highest BCUT2D eigenvalue weighted by atomic mass is 35.5. The molecule has 3 aromatic rings. The number of rotatable bonds is 3. The highest BCUT2D eigenvalue weighted by Crippen LogP contribution is 2.30. The summed E-state index contributed by atoms with van der Waals surface area (Å²) in [7, 11) is 0. The number of hydrogen-bond donors (Lipinski definition) is 2. The maximum atomic E-state index is 13.6. The van der Waals surface area contributed by atoms with Crippen molar-refractivity contribution in [3.05, 3.63) is 63.1 Å². The second-order valence-corrected chi connectivity index (χ2v) is 11.6. The molecule has 1 aromatic carbocycles. The van der Waals surface area contributed by atoms with Crippen LogP contribution in [0.1, 0.15) is 57.8 Å². The third-order valence-corrected chi connectivity index (χ3v) is 8.71. The van der Waals surface area contributed by atoms with E-state index < -0.39 is 0 Å². The first-order chi connectivity index (χ1) is 19.0. The van der Waals surface area contributed by atoms with Gasteiger partial charge in [0, 0.05) is 42.8 Å².